The summed E-state index contributed by atoms with van der Waals surface area (Å²) in [6.45, 7) is 5.50. The second-order valence-corrected chi connectivity index (χ2v) is 9.91. The van der Waals surface area contributed by atoms with Gasteiger partial charge in [-0.05, 0) is 61.5 Å². The van der Waals surface area contributed by atoms with E-state index in [0.29, 0.717) is 10.6 Å². The Kier molecular flexibility index (Phi) is 8.35. The van der Waals surface area contributed by atoms with Crippen molar-refractivity contribution in [2.24, 2.45) is 0 Å². The molecular weight excluding hydrogens is 458 g/mol. The Morgan fingerprint density at radius 2 is 1.76 bits per heavy atom. The molecule has 1 heterocycles. The van der Waals surface area contributed by atoms with Crippen LogP contribution >= 0.6 is 23.5 Å². The number of thioether (sulfide) groups is 2. The number of carbonyl (C=O) groups is 4. The van der Waals surface area contributed by atoms with Crippen LogP contribution in [0.5, 0.6) is 0 Å². The van der Waals surface area contributed by atoms with Gasteiger partial charge in [-0.1, -0.05) is 29.8 Å². The average Bonchev–Trinajstić information content (AvgIpc) is 3.03. The fourth-order valence-electron chi connectivity index (χ4n) is 3.02. The molecule has 1 fully saturated rings. The van der Waals surface area contributed by atoms with Crippen molar-refractivity contribution in [1.82, 2.24) is 10.2 Å². The summed E-state index contributed by atoms with van der Waals surface area (Å²) >= 11 is 2.29. The van der Waals surface area contributed by atoms with Crippen LogP contribution in [0.1, 0.15) is 25.0 Å². The maximum absolute atomic E-state index is 12.6. The number of hydrogen-bond acceptors (Lipinski definition) is 6. The molecule has 0 spiro atoms. The number of imide groups is 1. The van der Waals surface area contributed by atoms with Gasteiger partial charge in [-0.25, -0.2) is 0 Å². The van der Waals surface area contributed by atoms with Crippen molar-refractivity contribution in [2.75, 3.05) is 18.4 Å². The zero-order valence-corrected chi connectivity index (χ0v) is 20.2. The third kappa shape index (κ3) is 6.97. The van der Waals surface area contributed by atoms with Gasteiger partial charge in [0.05, 0.1) is 10.2 Å². The zero-order chi connectivity index (χ0) is 24.0. The van der Waals surface area contributed by atoms with Crippen LogP contribution < -0.4 is 10.6 Å². The molecular formula is C24H25N3O4S2. The quantitative estimate of drug-likeness (QED) is 0.430. The Balaban J connectivity index is 1.48. The van der Waals surface area contributed by atoms with Gasteiger partial charge in [-0.3, -0.25) is 24.1 Å². The van der Waals surface area contributed by atoms with Crippen LogP contribution in [0.25, 0.3) is 6.08 Å². The topological polar surface area (TPSA) is 95.6 Å². The highest BCUT2D eigenvalue weighted by Crippen LogP contribution is 2.32. The first-order chi connectivity index (χ1) is 15.7. The second-order valence-electron chi connectivity index (χ2n) is 7.50. The number of nitrogens with one attached hydrogen (secondary N) is 2. The molecule has 1 atom stereocenters. The highest BCUT2D eigenvalue weighted by molar-refractivity contribution is 8.18. The Bertz CT molecular complexity index is 1080. The van der Waals surface area contributed by atoms with E-state index in [4.69, 9.17) is 0 Å². The fraction of sp³-hybridized carbons (Fsp3) is 0.250. The predicted molar refractivity (Wildman–Crippen MR) is 133 cm³/mol. The number of benzene rings is 2. The van der Waals surface area contributed by atoms with Crippen molar-refractivity contribution in [3.05, 3.63) is 64.6 Å². The molecule has 2 N–H and O–H groups in total. The largest absolute Gasteiger partial charge is 0.353 e. The van der Waals surface area contributed by atoms with Crippen molar-refractivity contribution in [2.45, 2.75) is 30.9 Å². The van der Waals surface area contributed by atoms with Gasteiger partial charge in [0.25, 0.3) is 11.1 Å². The molecule has 172 valence electrons. The van der Waals surface area contributed by atoms with Gasteiger partial charge in [0.15, 0.2) is 0 Å². The molecule has 1 saturated heterocycles. The summed E-state index contributed by atoms with van der Waals surface area (Å²) in [5.41, 5.74) is 2.67. The van der Waals surface area contributed by atoms with Crippen molar-refractivity contribution in [1.29, 1.82) is 0 Å². The molecule has 3 rings (SSSR count). The molecule has 2 aromatic rings. The van der Waals surface area contributed by atoms with E-state index in [2.05, 4.69) is 10.6 Å². The normalized spacial score (nSPS) is 15.6. The average molecular weight is 484 g/mol. The molecule has 1 unspecified atom stereocenters. The number of anilines is 1. The maximum atomic E-state index is 12.6. The lowest BCUT2D eigenvalue weighted by molar-refractivity contribution is -0.124. The maximum Gasteiger partial charge on any atom is 0.293 e. The number of nitrogens with zero attached hydrogens (tertiary/aromatic N) is 1. The minimum atomic E-state index is -0.368. The Labute approximate surface area is 201 Å². The molecule has 4 amide bonds. The summed E-state index contributed by atoms with van der Waals surface area (Å²) < 4.78 is 0. The van der Waals surface area contributed by atoms with Crippen LogP contribution in [0.2, 0.25) is 0 Å². The summed E-state index contributed by atoms with van der Waals surface area (Å²) in [6, 6.07) is 14.9. The van der Waals surface area contributed by atoms with Crippen LogP contribution in [0, 0.1) is 6.92 Å². The molecule has 0 radical (unpaired) electrons. The predicted octanol–water partition coefficient (Wildman–Crippen LogP) is 4.29. The Hall–Kier alpha value is -3.04. The van der Waals surface area contributed by atoms with E-state index in [-0.39, 0.29) is 41.3 Å². The van der Waals surface area contributed by atoms with Crippen molar-refractivity contribution in [3.63, 3.8) is 0 Å². The molecule has 0 aliphatic carbocycles. The molecule has 0 saturated carbocycles. The second kappa shape index (κ2) is 11.2. The van der Waals surface area contributed by atoms with Crippen molar-refractivity contribution in [3.8, 4) is 0 Å². The highest BCUT2D eigenvalue weighted by Gasteiger charge is 2.34. The standard InChI is InChI=1S/C24H25N3O4S2/c1-15-4-6-18(7-5-15)14-21-23(30)27(24(31)33-21)13-12-25-22(29)16(2)32-20-10-8-19(9-11-20)26-17(3)28/h4-11,14,16H,12-13H2,1-3H3,(H,25,29)(H,26,28). The molecule has 9 heteroatoms. The first kappa shape index (κ1) is 24.6. The van der Waals surface area contributed by atoms with Gasteiger partial charge in [-0.2, -0.15) is 0 Å². The number of amides is 4. The summed E-state index contributed by atoms with van der Waals surface area (Å²) in [7, 11) is 0. The lowest BCUT2D eigenvalue weighted by Gasteiger charge is -2.15. The minimum absolute atomic E-state index is 0.116. The van der Waals surface area contributed by atoms with E-state index >= 15 is 0 Å². The first-order valence-corrected chi connectivity index (χ1v) is 12.1. The van der Waals surface area contributed by atoms with Gasteiger partial charge in [-0.15, -0.1) is 11.8 Å². The molecule has 0 aromatic heterocycles. The van der Waals surface area contributed by atoms with Gasteiger partial charge < -0.3 is 10.6 Å². The number of hydrogen-bond donors (Lipinski definition) is 2. The molecule has 33 heavy (non-hydrogen) atoms. The Morgan fingerprint density at radius 3 is 2.39 bits per heavy atom. The summed E-state index contributed by atoms with van der Waals surface area (Å²) in [4.78, 5) is 50.8. The molecule has 7 nitrogen and oxygen atoms in total. The first-order valence-electron chi connectivity index (χ1n) is 10.4. The monoisotopic (exact) mass is 483 g/mol. The van der Waals surface area contributed by atoms with Crippen LogP contribution in [0.4, 0.5) is 10.5 Å². The molecule has 1 aliphatic rings. The Morgan fingerprint density at radius 1 is 1.09 bits per heavy atom. The minimum Gasteiger partial charge on any atom is -0.353 e. The van der Waals surface area contributed by atoms with Crippen LogP contribution in [-0.4, -0.2) is 46.2 Å². The fourth-order valence-corrected chi connectivity index (χ4v) is 4.78. The zero-order valence-electron chi connectivity index (χ0n) is 18.6. The SMILES string of the molecule is CC(=O)Nc1ccc(SC(C)C(=O)NCCN2C(=O)SC(=Cc3ccc(C)cc3)C2=O)cc1. The highest BCUT2D eigenvalue weighted by atomic mass is 32.2. The van der Waals surface area contributed by atoms with E-state index in [1.165, 1.54) is 18.7 Å². The van der Waals surface area contributed by atoms with Crippen LogP contribution in [0.3, 0.4) is 0 Å². The number of carbonyl (C=O) groups excluding carboxylic acids is 4. The smallest absolute Gasteiger partial charge is 0.293 e. The van der Waals surface area contributed by atoms with E-state index in [9.17, 15) is 19.2 Å². The molecule has 1 aliphatic heterocycles. The van der Waals surface area contributed by atoms with E-state index < -0.39 is 0 Å². The van der Waals surface area contributed by atoms with Crippen molar-refractivity contribution < 1.29 is 19.2 Å². The lowest BCUT2D eigenvalue weighted by atomic mass is 10.1. The summed E-state index contributed by atoms with van der Waals surface area (Å²) in [5, 5.41) is 4.78. The molecule has 0 bridgehead atoms. The van der Waals surface area contributed by atoms with E-state index in [0.717, 1.165) is 32.7 Å². The number of rotatable bonds is 8. The summed E-state index contributed by atoms with van der Waals surface area (Å²) in [6.07, 6.45) is 1.71. The third-order valence-corrected chi connectivity index (χ3v) is 6.76. The van der Waals surface area contributed by atoms with Crippen molar-refractivity contribution >= 4 is 58.2 Å². The third-order valence-electron chi connectivity index (χ3n) is 4.74. The van der Waals surface area contributed by atoms with Gasteiger partial charge in [0, 0.05) is 30.6 Å². The summed E-state index contributed by atoms with van der Waals surface area (Å²) in [5.74, 6) is -0.677. The molecule has 2 aromatic carbocycles. The van der Waals surface area contributed by atoms with Gasteiger partial charge in [0.1, 0.15) is 0 Å². The van der Waals surface area contributed by atoms with Gasteiger partial charge >= 0.3 is 0 Å². The van der Waals surface area contributed by atoms with Crippen LogP contribution in [-0.2, 0) is 14.4 Å². The van der Waals surface area contributed by atoms with Gasteiger partial charge in [0.2, 0.25) is 11.8 Å². The number of aryl methyl sites for hydroxylation is 1. The van der Waals surface area contributed by atoms with E-state index in [1.807, 2.05) is 43.3 Å². The lowest BCUT2D eigenvalue weighted by Crippen LogP contribution is -2.39. The van der Waals surface area contributed by atoms with E-state index in [1.54, 1.807) is 25.1 Å². The van der Waals surface area contributed by atoms with Crippen LogP contribution in [0.15, 0.2) is 58.3 Å².